The van der Waals surface area contributed by atoms with Gasteiger partial charge in [0, 0.05) is 12.1 Å². The summed E-state index contributed by atoms with van der Waals surface area (Å²) in [4.78, 5) is 25.8. The molecule has 0 saturated carbocycles. The van der Waals surface area contributed by atoms with Gasteiger partial charge in [0.25, 0.3) is 0 Å². The lowest BCUT2D eigenvalue weighted by Gasteiger charge is -2.13. The second-order valence-corrected chi connectivity index (χ2v) is 7.24. The summed E-state index contributed by atoms with van der Waals surface area (Å²) in [5.74, 6) is -1.11. The van der Waals surface area contributed by atoms with Crippen LogP contribution >= 0.6 is 0 Å². The van der Waals surface area contributed by atoms with Gasteiger partial charge in [0.15, 0.2) is 0 Å². The van der Waals surface area contributed by atoms with Gasteiger partial charge in [0.2, 0.25) is 5.43 Å². The number of ether oxygens (including phenoxy) is 1. The first kappa shape index (κ1) is 21.0. The van der Waals surface area contributed by atoms with Crippen molar-refractivity contribution in [2.24, 2.45) is 5.73 Å². The molecule has 0 amide bonds. The molecule has 1 atom stereocenters. The molecule has 0 aliphatic heterocycles. The number of hydrogen-bond donors (Lipinski definition) is 4. The number of esters is 1. The van der Waals surface area contributed by atoms with Gasteiger partial charge in [0.05, 0.1) is 5.56 Å². The molecule has 32 heavy (non-hydrogen) atoms. The molecule has 0 radical (unpaired) electrons. The number of phenols is 3. The van der Waals surface area contributed by atoms with E-state index < -0.39 is 17.4 Å². The molecule has 0 bridgehead atoms. The predicted molar refractivity (Wildman–Crippen MR) is 117 cm³/mol. The van der Waals surface area contributed by atoms with E-state index in [0.29, 0.717) is 11.1 Å². The molecule has 4 aromatic rings. The van der Waals surface area contributed by atoms with Gasteiger partial charge in [-0.05, 0) is 41.8 Å². The van der Waals surface area contributed by atoms with E-state index in [9.17, 15) is 24.9 Å². The number of nitrogens with two attached hydrogens (primary N) is 1. The number of fused-ring (bicyclic) bond motifs is 1. The van der Waals surface area contributed by atoms with Crippen molar-refractivity contribution in [1.29, 1.82) is 0 Å². The van der Waals surface area contributed by atoms with Gasteiger partial charge in [-0.15, -0.1) is 0 Å². The SMILES string of the molecule is N[C@@H](Cc1ccc(O)cc1)C(=O)Oc1cc(O)cc2occ(-c3ccc(O)cc3)c(=O)c12. The summed E-state index contributed by atoms with van der Waals surface area (Å²) >= 11 is 0. The predicted octanol–water partition coefficient (Wildman–Crippen LogP) is 3.05. The van der Waals surface area contributed by atoms with Gasteiger partial charge in [-0.3, -0.25) is 4.79 Å². The van der Waals surface area contributed by atoms with E-state index in [1.165, 1.54) is 36.6 Å². The Morgan fingerprint density at radius 2 is 1.56 bits per heavy atom. The van der Waals surface area contributed by atoms with E-state index in [1.54, 1.807) is 24.3 Å². The van der Waals surface area contributed by atoms with Crippen LogP contribution < -0.4 is 15.9 Å². The van der Waals surface area contributed by atoms with Crippen molar-refractivity contribution in [3.05, 3.63) is 82.7 Å². The van der Waals surface area contributed by atoms with Crippen LogP contribution in [0.2, 0.25) is 0 Å². The van der Waals surface area contributed by atoms with Crippen molar-refractivity contribution >= 4 is 16.9 Å². The average molecular weight is 433 g/mol. The lowest BCUT2D eigenvalue weighted by atomic mass is 10.0. The lowest BCUT2D eigenvalue weighted by molar-refractivity contribution is -0.135. The minimum absolute atomic E-state index is 0.0291. The summed E-state index contributed by atoms with van der Waals surface area (Å²) in [7, 11) is 0. The van der Waals surface area contributed by atoms with Crippen molar-refractivity contribution in [3.8, 4) is 34.1 Å². The summed E-state index contributed by atoms with van der Waals surface area (Å²) in [6.45, 7) is 0. The van der Waals surface area contributed by atoms with Crippen LogP contribution in [0, 0.1) is 0 Å². The third kappa shape index (κ3) is 4.26. The first-order valence-electron chi connectivity index (χ1n) is 9.65. The molecule has 8 heteroatoms. The van der Waals surface area contributed by atoms with Crippen LogP contribution in [0.4, 0.5) is 0 Å². The van der Waals surface area contributed by atoms with Crippen molar-refractivity contribution in [1.82, 2.24) is 0 Å². The fourth-order valence-electron chi connectivity index (χ4n) is 3.28. The number of hydrogen-bond acceptors (Lipinski definition) is 8. The zero-order valence-corrected chi connectivity index (χ0v) is 16.7. The van der Waals surface area contributed by atoms with E-state index in [0.717, 1.165) is 6.07 Å². The number of rotatable bonds is 5. The molecule has 0 aliphatic rings. The second kappa shape index (κ2) is 8.44. The van der Waals surface area contributed by atoms with Crippen LogP contribution in [0.15, 0.2) is 76.1 Å². The molecule has 162 valence electrons. The Labute approximate surface area is 181 Å². The largest absolute Gasteiger partial charge is 0.508 e. The maximum absolute atomic E-state index is 13.2. The Bertz CT molecular complexity index is 1340. The molecule has 0 spiro atoms. The van der Waals surface area contributed by atoms with E-state index in [1.807, 2.05) is 0 Å². The molecular formula is C24H19NO7. The zero-order chi connectivity index (χ0) is 22.8. The summed E-state index contributed by atoms with van der Waals surface area (Å²) in [5.41, 5.74) is 6.91. The normalized spacial score (nSPS) is 11.9. The molecule has 0 fully saturated rings. The Morgan fingerprint density at radius 3 is 2.22 bits per heavy atom. The van der Waals surface area contributed by atoms with Crippen molar-refractivity contribution in [2.75, 3.05) is 0 Å². The molecule has 5 N–H and O–H groups in total. The van der Waals surface area contributed by atoms with Crippen LogP contribution in [0.25, 0.3) is 22.1 Å². The summed E-state index contributed by atoms with van der Waals surface area (Å²) in [6.07, 6.45) is 1.38. The monoisotopic (exact) mass is 433 g/mol. The van der Waals surface area contributed by atoms with Gasteiger partial charge in [-0.25, -0.2) is 4.79 Å². The van der Waals surface area contributed by atoms with Gasteiger partial charge < -0.3 is 30.2 Å². The van der Waals surface area contributed by atoms with Crippen molar-refractivity contribution in [3.63, 3.8) is 0 Å². The van der Waals surface area contributed by atoms with Crippen LogP contribution in [0.3, 0.4) is 0 Å². The molecule has 3 aromatic carbocycles. The highest BCUT2D eigenvalue weighted by Gasteiger charge is 2.21. The first-order valence-corrected chi connectivity index (χ1v) is 9.65. The molecular weight excluding hydrogens is 414 g/mol. The molecule has 1 aromatic heterocycles. The molecule has 0 aliphatic carbocycles. The topological polar surface area (TPSA) is 143 Å². The summed E-state index contributed by atoms with van der Waals surface area (Å²) in [6, 6.07) is 13.5. The maximum Gasteiger partial charge on any atom is 0.328 e. The third-order valence-corrected chi connectivity index (χ3v) is 4.91. The summed E-state index contributed by atoms with van der Waals surface area (Å²) in [5, 5.41) is 28.8. The number of benzene rings is 3. The Balaban J connectivity index is 1.68. The first-order chi connectivity index (χ1) is 15.3. The van der Waals surface area contributed by atoms with Crippen LogP contribution in [-0.4, -0.2) is 27.3 Å². The minimum Gasteiger partial charge on any atom is -0.508 e. The van der Waals surface area contributed by atoms with E-state index in [-0.39, 0.29) is 46.0 Å². The van der Waals surface area contributed by atoms with Gasteiger partial charge >= 0.3 is 5.97 Å². The van der Waals surface area contributed by atoms with Crippen LogP contribution in [0.5, 0.6) is 23.0 Å². The second-order valence-electron chi connectivity index (χ2n) is 7.24. The van der Waals surface area contributed by atoms with Gasteiger partial charge in [-0.1, -0.05) is 24.3 Å². The smallest absolute Gasteiger partial charge is 0.328 e. The average Bonchev–Trinajstić information content (AvgIpc) is 2.76. The highest BCUT2D eigenvalue weighted by atomic mass is 16.5. The quantitative estimate of drug-likeness (QED) is 0.278. The molecule has 0 unspecified atom stereocenters. The Kier molecular flexibility index (Phi) is 5.53. The highest BCUT2D eigenvalue weighted by molar-refractivity contribution is 5.91. The number of phenolic OH excluding ortho intramolecular Hbond substituents is 3. The number of carbonyl (C=O) groups excluding carboxylic acids is 1. The molecule has 1 heterocycles. The van der Waals surface area contributed by atoms with Crippen molar-refractivity contribution < 1.29 is 29.3 Å². The summed E-state index contributed by atoms with van der Waals surface area (Å²) < 4.78 is 10.9. The molecule has 8 nitrogen and oxygen atoms in total. The fraction of sp³-hybridized carbons (Fsp3) is 0.0833. The maximum atomic E-state index is 13.2. The Hall–Kier alpha value is -4.30. The lowest BCUT2D eigenvalue weighted by Crippen LogP contribution is -2.36. The minimum atomic E-state index is -1.05. The van der Waals surface area contributed by atoms with Gasteiger partial charge in [0.1, 0.15) is 46.3 Å². The zero-order valence-electron chi connectivity index (χ0n) is 16.7. The Morgan fingerprint density at radius 1 is 0.938 bits per heavy atom. The van der Waals surface area contributed by atoms with E-state index in [4.69, 9.17) is 14.9 Å². The third-order valence-electron chi connectivity index (χ3n) is 4.91. The van der Waals surface area contributed by atoms with Crippen molar-refractivity contribution in [2.45, 2.75) is 12.5 Å². The standard InChI is InChI=1S/C24H19NO7/c25-19(9-13-1-5-15(26)6-2-13)24(30)32-21-11-17(28)10-20-22(21)23(29)18(12-31-20)14-3-7-16(27)8-4-14/h1-8,10-12,19,26-28H,9,25H2/t19-/m0/s1. The van der Waals surface area contributed by atoms with Crippen LogP contribution in [-0.2, 0) is 11.2 Å². The molecule has 0 saturated heterocycles. The number of carbonyl (C=O) groups is 1. The van der Waals surface area contributed by atoms with E-state index in [2.05, 4.69) is 0 Å². The van der Waals surface area contributed by atoms with E-state index >= 15 is 0 Å². The van der Waals surface area contributed by atoms with Crippen LogP contribution in [0.1, 0.15) is 5.56 Å². The van der Waals surface area contributed by atoms with Gasteiger partial charge in [-0.2, -0.15) is 0 Å². The fourth-order valence-corrected chi connectivity index (χ4v) is 3.28. The number of aromatic hydroxyl groups is 3. The molecule has 4 rings (SSSR count). The highest BCUT2D eigenvalue weighted by Crippen LogP contribution is 2.31.